The topological polar surface area (TPSA) is 81.4 Å². The third-order valence-electron chi connectivity index (χ3n) is 5.44. The Bertz CT molecular complexity index is 973. The first-order valence-electron chi connectivity index (χ1n) is 9.79. The van der Waals surface area contributed by atoms with Crippen LogP contribution in [-0.2, 0) is 11.2 Å². The van der Waals surface area contributed by atoms with Gasteiger partial charge in [0.05, 0.1) is 13.0 Å². The van der Waals surface area contributed by atoms with E-state index >= 15 is 0 Å². The molecule has 1 aliphatic heterocycles. The van der Waals surface area contributed by atoms with Gasteiger partial charge in [-0.05, 0) is 36.1 Å². The average molecular weight is 392 g/mol. The van der Waals surface area contributed by atoms with Crippen LogP contribution >= 0.6 is 0 Å². The molecule has 0 spiro atoms. The van der Waals surface area contributed by atoms with E-state index in [-0.39, 0.29) is 17.7 Å². The van der Waals surface area contributed by atoms with Crippen LogP contribution < -0.4 is 4.74 Å². The number of para-hydroxylation sites is 1. The number of aromatic nitrogens is 3. The van der Waals surface area contributed by atoms with Crippen molar-refractivity contribution in [1.29, 1.82) is 0 Å². The maximum Gasteiger partial charge on any atom is 0.232 e. The van der Waals surface area contributed by atoms with Gasteiger partial charge < -0.3 is 14.2 Å². The number of aryl methyl sites for hydroxylation is 1. The van der Waals surface area contributed by atoms with Crippen molar-refractivity contribution in [2.75, 3.05) is 20.2 Å². The molecule has 7 heteroatoms. The third-order valence-corrected chi connectivity index (χ3v) is 5.44. The van der Waals surface area contributed by atoms with Gasteiger partial charge in [0.15, 0.2) is 0 Å². The van der Waals surface area contributed by atoms with E-state index < -0.39 is 0 Å². The van der Waals surface area contributed by atoms with Crippen molar-refractivity contribution in [3.05, 3.63) is 60.2 Å². The molecule has 0 unspecified atom stereocenters. The lowest BCUT2D eigenvalue weighted by molar-refractivity contribution is -0.130. The summed E-state index contributed by atoms with van der Waals surface area (Å²) < 4.78 is 10.9. The van der Waals surface area contributed by atoms with E-state index in [1.807, 2.05) is 41.3 Å². The van der Waals surface area contributed by atoms with E-state index in [1.165, 1.54) is 0 Å². The minimum atomic E-state index is 0.0446. The number of ether oxygens (including phenoxy) is 1. The number of pyridine rings is 1. The van der Waals surface area contributed by atoms with Crippen LogP contribution in [0.25, 0.3) is 11.4 Å². The molecule has 7 nitrogen and oxygen atoms in total. The van der Waals surface area contributed by atoms with Gasteiger partial charge in [-0.3, -0.25) is 9.78 Å². The standard InChI is InChI=1S/C22H24N4O3/c1-15-13-26(20(27)10-9-16-6-3-4-8-19(16)28-2)14-18(15)22-24-21(25-29-22)17-7-5-11-23-12-17/h3-8,11-12,15,18H,9-10,13-14H2,1-2H3/t15-,18-/m0/s1. The van der Waals surface area contributed by atoms with Gasteiger partial charge in [0, 0.05) is 37.5 Å². The Balaban J connectivity index is 1.39. The molecule has 150 valence electrons. The highest BCUT2D eigenvalue weighted by Gasteiger charge is 2.36. The zero-order chi connectivity index (χ0) is 20.2. The van der Waals surface area contributed by atoms with Crippen LogP contribution in [0.15, 0.2) is 53.3 Å². The largest absolute Gasteiger partial charge is 0.496 e. The van der Waals surface area contributed by atoms with Crippen molar-refractivity contribution in [3.63, 3.8) is 0 Å². The Hall–Kier alpha value is -3.22. The molecule has 0 radical (unpaired) electrons. The second-order valence-corrected chi connectivity index (χ2v) is 7.39. The first-order valence-corrected chi connectivity index (χ1v) is 9.79. The maximum absolute atomic E-state index is 12.8. The summed E-state index contributed by atoms with van der Waals surface area (Å²) in [4.78, 5) is 23.3. The van der Waals surface area contributed by atoms with Crippen LogP contribution in [0.4, 0.5) is 0 Å². The van der Waals surface area contributed by atoms with Gasteiger partial charge >= 0.3 is 0 Å². The van der Waals surface area contributed by atoms with E-state index in [0.29, 0.717) is 37.6 Å². The lowest BCUT2D eigenvalue weighted by atomic mass is 9.98. The van der Waals surface area contributed by atoms with Crippen molar-refractivity contribution in [2.24, 2.45) is 5.92 Å². The van der Waals surface area contributed by atoms with Crippen LogP contribution in [0, 0.1) is 5.92 Å². The summed E-state index contributed by atoms with van der Waals surface area (Å²) in [6.45, 7) is 3.41. The Morgan fingerprint density at radius 3 is 2.90 bits per heavy atom. The van der Waals surface area contributed by atoms with Gasteiger partial charge in [0.2, 0.25) is 17.6 Å². The van der Waals surface area contributed by atoms with E-state index in [9.17, 15) is 4.79 Å². The van der Waals surface area contributed by atoms with E-state index in [0.717, 1.165) is 16.9 Å². The molecule has 29 heavy (non-hydrogen) atoms. The smallest absolute Gasteiger partial charge is 0.232 e. The highest BCUT2D eigenvalue weighted by atomic mass is 16.5. The molecular formula is C22H24N4O3. The predicted octanol–water partition coefficient (Wildman–Crippen LogP) is 3.33. The Morgan fingerprint density at radius 2 is 2.10 bits per heavy atom. The molecule has 3 aromatic rings. The van der Waals surface area contributed by atoms with Crippen LogP contribution in [0.3, 0.4) is 0 Å². The maximum atomic E-state index is 12.8. The number of carbonyl (C=O) groups is 1. The second-order valence-electron chi connectivity index (χ2n) is 7.39. The van der Waals surface area contributed by atoms with Crippen LogP contribution in [0.2, 0.25) is 0 Å². The molecule has 1 fully saturated rings. The minimum absolute atomic E-state index is 0.0446. The van der Waals surface area contributed by atoms with Gasteiger partial charge in [0.25, 0.3) is 0 Å². The quantitative estimate of drug-likeness (QED) is 0.640. The van der Waals surface area contributed by atoms with Crippen molar-refractivity contribution < 1.29 is 14.1 Å². The van der Waals surface area contributed by atoms with Crippen LogP contribution in [-0.4, -0.2) is 46.1 Å². The fourth-order valence-corrected chi connectivity index (χ4v) is 3.80. The fraction of sp³-hybridized carbons (Fsp3) is 0.364. The molecule has 3 heterocycles. The number of carbonyl (C=O) groups excluding carboxylic acids is 1. The van der Waals surface area contributed by atoms with Gasteiger partial charge in [-0.15, -0.1) is 0 Å². The first-order chi connectivity index (χ1) is 14.2. The lowest BCUT2D eigenvalue weighted by Crippen LogP contribution is -2.29. The molecule has 2 atom stereocenters. The Morgan fingerprint density at radius 1 is 1.24 bits per heavy atom. The van der Waals surface area contributed by atoms with Gasteiger partial charge in [-0.1, -0.05) is 30.3 Å². The van der Waals surface area contributed by atoms with Crippen LogP contribution in [0.1, 0.15) is 30.7 Å². The number of likely N-dealkylation sites (tertiary alicyclic amines) is 1. The SMILES string of the molecule is COc1ccccc1CCC(=O)N1C[C@H](c2nc(-c3cccnc3)no2)[C@@H](C)C1. The summed E-state index contributed by atoms with van der Waals surface area (Å²) in [5.41, 5.74) is 1.86. The number of hydrogen-bond donors (Lipinski definition) is 0. The Labute approximate surface area is 169 Å². The molecule has 0 N–H and O–H groups in total. The zero-order valence-electron chi connectivity index (χ0n) is 16.6. The molecule has 1 amide bonds. The fourth-order valence-electron chi connectivity index (χ4n) is 3.80. The number of rotatable bonds is 6. The predicted molar refractivity (Wildman–Crippen MR) is 107 cm³/mol. The number of hydrogen-bond acceptors (Lipinski definition) is 6. The average Bonchev–Trinajstić information content (AvgIpc) is 3.39. The zero-order valence-corrected chi connectivity index (χ0v) is 16.6. The highest BCUT2D eigenvalue weighted by molar-refractivity contribution is 5.77. The molecule has 0 bridgehead atoms. The van der Waals surface area contributed by atoms with E-state index in [1.54, 1.807) is 19.5 Å². The van der Waals surface area contributed by atoms with Crippen molar-refractivity contribution in [1.82, 2.24) is 20.0 Å². The van der Waals surface area contributed by atoms with Crippen LogP contribution in [0.5, 0.6) is 5.75 Å². The van der Waals surface area contributed by atoms with E-state index in [2.05, 4.69) is 22.0 Å². The summed E-state index contributed by atoms with van der Waals surface area (Å²) in [5, 5.41) is 4.09. The molecular weight excluding hydrogens is 368 g/mol. The Kier molecular flexibility index (Phi) is 5.55. The van der Waals surface area contributed by atoms with Crippen molar-refractivity contribution in [3.8, 4) is 17.1 Å². The highest BCUT2D eigenvalue weighted by Crippen LogP contribution is 2.33. The molecule has 0 saturated carbocycles. The van der Waals surface area contributed by atoms with Crippen molar-refractivity contribution in [2.45, 2.75) is 25.7 Å². The van der Waals surface area contributed by atoms with Gasteiger partial charge in [0.1, 0.15) is 5.75 Å². The number of benzene rings is 1. The van der Waals surface area contributed by atoms with E-state index in [4.69, 9.17) is 9.26 Å². The summed E-state index contributed by atoms with van der Waals surface area (Å²) in [6, 6.07) is 11.6. The minimum Gasteiger partial charge on any atom is -0.496 e. The molecule has 4 rings (SSSR count). The normalized spacial score (nSPS) is 18.8. The van der Waals surface area contributed by atoms with Gasteiger partial charge in [-0.2, -0.15) is 4.98 Å². The summed E-state index contributed by atoms with van der Waals surface area (Å²) >= 11 is 0. The molecule has 1 saturated heterocycles. The third kappa shape index (κ3) is 4.13. The summed E-state index contributed by atoms with van der Waals surface area (Å²) in [6.07, 6.45) is 4.52. The van der Waals surface area contributed by atoms with Gasteiger partial charge in [-0.25, -0.2) is 0 Å². The molecule has 1 aromatic carbocycles. The van der Waals surface area contributed by atoms with Crippen molar-refractivity contribution >= 4 is 5.91 Å². The molecule has 0 aliphatic carbocycles. The first kappa shape index (κ1) is 19.1. The summed E-state index contributed by atoms with van der Waals surface area (Å²) in [5.74, 6) is 2.37. The molecule has 2 aromatic heterocycles. The monoisotopic (exact) mass is 392 g/mol. The lowest BCUT2D eigenvalue weighted by Gasteiger charge is -2.16. The molecule has 1 aliphatic rings. The number of amides is 1. The number of nitrogens with zero attached hydrogens (tertiary/aromatic N) is 4. The number of methoxy groups -OCH3 is 1. The second kappa shape index (κ2) is 8.43. The summed E-state index contributed by atoms with van der Waals surface area (Å²) in [7, 11) is 1.65.